The summed E-state index contributed by atoms with van der Waals surface area (Å²) in [5.74, 6) is 0.409. The number of hydrogen-bond donors (Lipinski definition) is 1. The summed E-state index contributed by atoms with van der Waals surface area (Å²) in [6.45, 7) is 5.23. The van der Waals surface area contributed by atoms with Crippen LogP contribution >= 0.6 is 0 Å². The summed E-state index contributed by atoms with van der Waals surface area (Å²) < 4.78 is 18.2. The number of aryl methyl sites for hydroxylation is 1. The molecule has 2 saturated heterocycles. The number of hydrogen-bond acceptors (Lipinski definition) is 6. The fourth-order valence-corrected chi connectivity index (χ4v) is 6.63. The maximum Gasteiger partial charge on any atom is 0.416 e. The normalized spacial score (nSPS) is 23.4. The lowest BCUT2D eigenvalue weighted by atomic mass is 9.79. The average molecular weight is 507 g/mol. The Kier molecular flexibility index (Phi) is 6.72. The molecule has 3 unspecified atom stereocenters. The van der Waals surface area contributed by atoms with E-state index in [2.05, 4.69) is 4.90 Å². The van der Waals surface area contributed by atoms with E-state index in [1.54, 1.807) is 13.3 Å². The van der Waals surface area contributed by atoms with Gasteiger partial charge in [-0.3, -0.25) is 9.47 Å². The van der Waals surface area contributed by atoms with Crippen LogP contribution < -0.4 is 4.74 Å². The van der Waals surface area contributed by atoms with E-state index in [9.17, 15) is 14.7 Å². The minimum atomic E-state index is -1.01. The van der Waals surface area contributed by atoms with Crippen LogP contribution in [0.4, 0.5) is 4.79 Å². The number of ether oxygens (including phenoxy) is 3. The number of fused-ring (bicyclic) bond motifs is 3. The highest BCUT2D eigenvalue weighted by atomic mass is 16.5. The van der Waals surface area contributed by atoms with Gasteiger partial charge in [0.25, 0.3) is 0 Å². The number of benzene rings is 2. The quantitative estimate of drug-likeness (QED) is 0.433. The van der Waals surface area contributed by atoms with Crippen LogP contribution in [0, 0.1) is 6.92 Å². The lowest BCUT2D eigenvalue weighted by molar-refractivity contribution is -0.0593. The van der Waals surface area contributed by atoms with Crippen molar-refractivity contribution < 1.29 is 28.9 Å². The third-order valence-electron chi connectivity index (χ3n) is 8.21. The molecule has 5 rings (SSSR count). The molecule has 3 heterocycles. The Morgan fingerprint density at radius 2 is 1.92 bits per heavy atom. The van der Waals surface area contributed by atoms with Gasteiger partial charge in [0.15, 0.2) is 0 Å². The predicted octanol–water partition coefficient (Wildman–Crippen LogP) is 5.33. The van der Waals surface area contributed by atoms with Gasteiger partial charge in [-0.05, 0) is 74.9 Å². The average Bonchev–Trinajstić information content (AvgIpc) is 3.43. The Balaban J connectivity index is 1.61. The molecule has 0 spiro atoms. The van der Waals surface area contributed by atoms with Gasteiger partial charge in [-0.1, -0.05) is 12.1 Å². The Morgan fingerprint density at radius 1 is 1.16 bits per heavy atom. The number of nitrogens with zero attached hydrogens (tertiary/aromatic N) is 2. The number of piperidine rings is 1. The minimum absolute atomic E-state index is 0.155. The highest BCUT2D eigenvalue weighted by molar-refractivity contribution is 5.94. The molecule has 2 aromatic carbocycles. The van der Waals surface area contributed by atoms with Gasteiger partial charge in [0.2, 0.25) is 0 Å². The molecule has 8 nitrogen and oxygen atoms in total. The third-order valence-corrected chi connectivity index (χ3v) is 8.21. The summed E-state index contributed by atoms with van der Waals surface area (Å²) in [7, 11) is 3.05. The largest absolute Gasteiger partial charge is 0.496 e. The standard InChI is InChI=1S/C29H34N2O6/c1-5-37-22-15-21-10-12-29(16-22,20-8-6-19(7-9-20)27(32)36-4)31(21)17-24-23-11-13-30(28(33)34)26(23)18(2)14-25(24)35-3/h6-9,11,13-14,21-22H,5,10,12,15-17H2,1-4H3,(H,33,34). The molecule has 0 radical (unpaired) electrons. The molecule has 2 aliphatic rings. The molecule has 0 saturated carbocycles. The number of methoxy groups -OCH3 is 2. The molecule has 8 heteroatoms. The summed E-state index contributed by atoms with van der Waals surface area (Å²) in [5.41, 5.74) is 3.94. The molecule has 2 fully saturated rings. The summed E-state index contributed by atoms with van der Waals surface area (Å²) in [5, 5.41) is 10.6. The Bertz CT molecular complexity index is 1330. The summed E-state index contributed by atoms with van der Waals surface area (Å²) >= 11 is 0. The van der Waals surface area contributed by atoms with Crippen LogP contribution in [0.1, 0.15) is 59.7 Å². The van der Waals surface area contributed by atoms with Crippen molar-refractivity contribution in [1.82, 2.24) is 9.47 Å². The molecule has 0 aliphatic carbocycles. The highest BCUT2D eigenvalue weighted by Gasteiger charge is 2.53. The zero-order valence-electron chi connectivity index (χ0n) is 21.8. The van der Waals surface area contributed by atoms with Gasteiger partial charge >= 0.3 is 12.1 Å². The van der Waals surface area contributed by atoms with Gasteiger partial charge < -0.3 is 19.3 Å². The second kappa shape index (κ2) is 9.84. The van der Waals surface area contributed by atoms with E-state index in [0.29, 0.717) is 30.3 Å². The Labute approximate surface area is 216 Å². The molecular weight excluding hydrogens is 472 g/mol. The van der Waals surface area contributed by atoms with Gasteiger partial charge in [-0.15, -0.1) is 0 Å². The van der Waals surface area contributed by atoms with E-state index in [0.717, 1.165) is 53.5 Å². The van der Waals surface area contributed by atoms with Crippen molar-refractivity contribution in [3.05, 3.63) is 64.8 Å². The van der Waals surface area contributed by atoms with Crippen molar-refractivity contribution in [1.29, 1.82) is 0 Å². The van der Waals surface area contributed by atoms with Crippen LogP contribution in [-0.2, 0) is 21.6 Å². The molecule has 2 aliphatic heterocycles. The number of aromatic nitrogens is 1. The summed E-state index contributed by atoms with van der Waals surface area (Å²) in [4.78, 5) is 26.5. The fraction of sp³-hybridized carbons (Fsp3) is 0.448. The maximum absolute atomic E-state index is 12.1. The summed E-state index contributed by atoms with van der Waals surface area (Å²) in [6.07, 6.45) is 4.57. The first-order valence-electron chi connectivity index (χ1n) is 12.8. The van der Waals surface area contributed by atoms with Gasteiger partial charge in [-0.25, -0.2) is 9.59 Å². The first kappa shape index (κ1) is 25.3. The number of carbonyl (C=O) groups excluding carboxylic acids is 1. The molecule has 3 aromatic rings. The molecule has 1 N–H and O–H groups in total. The number of carbonyl (C=O) groups is 2. The molecule has 3 atom stereocenters. The summed E-state index contributed by atoms with van der Waals surface area (Å²) in [6, 6.07) is 11.9. The molecular formula is C29H34N2O6. The van der Waals surface area contributed by atoms with Crippen molar-refractivity contribution >= 4 is 23.0 Å². The lowest BCUT2D eigenvalue weighted by Crippen LogP contribution is -2.52. The lowest BCUT2D eigenvalue weighted by Gasteiger charge is -2.48. The molecule has 37 heavy (non-hydrogen) atoms. The fourth-order valence-electron chi connectivity index (χ4n) is 6.63. The van der Waals surface area contributed by atoms with Crippen molar-refractivity contribution in [2.45, 2.75) is 63.8 Å². The monoisotopic (exact) mass is 506 g/mol. The van der Waals surface area contributed by atoms with Crippen molar-refractivity contribution in [2.24, 2.45) is 0 Å². The first-order valence-corrected chi connectivity index (χ1v) is 12.8. The van der Waals surface area contributed by atoms with E-state index < -0.39 is 6.09 Å². The number of esters is 1. The smallest absolute Gasteiger partial charge is 0.416 e. The van der Waals surface area contributed by atoms with E-state index in [-0.39, 0.29) is 17.6 Å². The topological polar surface area (TPSA) is 90.2 Å². The predicted molar refractivity (Wildman–Crippen MR) is 139 cm³/mol. The van der Waals surface area contributed by atoms with Crippen LogP contribution in [-0.4, -0.2) is 59.6 Å². The van der Waals surface area contributed by atoms with Crippen LogP contribution in [0.5, 0.6) is 5.75 Å². The van der Waals surface area contributed by atoms with E-state index >= 15 is 0 Å². The van der Waals surface area contributed by atoms with Gasteiger partial charge in [0.1, 0.15) is 5.75 Å². The molecule has 0 amide bonds. The maximum atomic E-state index is 12.1. The molecule has 2 bridgehead atoms. The zero-order valence-corrected chi connectivity index (χ0v) is 21.8. The third kappa shape index (κ3) is 4.18. The van der Waals surface area contributed by atoms with E-state index in [1.165, 1.54) is 11.7 Å². The first-order chi connectivity index (χ1) is 17.8. The number of carboxylic acid groups (broad SMARTS) is 1. The Morgan fingerprint density at radius 3 is 2.57 bits per heavy atom. The van der Waals surface area contributed by atoms with Gasteiger partial charge in [0.05, 0.1) is 31.4 Å². The van der Waals surface area contributed by atoms with Crippen LogP contribution in [0.15, 0.2) is 42.6 Å². The van der Waals surface area contributed by atoms with Crippen LogP contribution in [0.3, 0.4) is 0 Å². The number of rotatable bonds is 7. The molecule has 196 valence electrons. The SMILES string of the molecule is CCOC1CC2CCC(c3ccc(C(=O)OC)cc3)(C1)N2Cc1c(OC)cc(C)c2c1ccn2C(=O)O. The van der Waals surface area contributed by atoms with Crippen LogP contribution in [0.25, 0.3) is 10.9 Å². The van der Waals surface area contributed by atoms with E-state index in [4.69, 9.17) is 14.2 Å². The minimum Gasteiger partial charge on any atom is -0.496 e. The van der Waals surface area contributed by atoms with Crippen molar-refractivity contribution in [3.63, 3.8) is 0 Å². The van der Waals surface area contributed by atoms with Crippen LogP contribution in [0.2, 0.25) is 0 Å². The Hall–Kier alpha value is -3.36. The second-order valence-electron chi connectivity index (χ2n) is 10.0. The van der Waals surface area contributed by atoms with Gasteiger partial charge in [-0.2, -0.15) is 0 Å². The van der Waals surface area contributed by atoms with Crippen molar-refractivity contribution in [2.75, 3.05) is 20.8 Å². The second-order valence-corrected chi connectivity index (χ2v) is 10.0. The highest BCUT2D eigenvalue weighted by Crippen LogP contribution is 2.53. The van der Waals surface area contributed by atoms with Gasteiger partial charge in [0, 0.05) is 41.9 Å². The zero-order chi connectivity index (χ0) is 26.3. The van der Waals surface area contributed by atoms with E-state index in [1.807, 2.05) is 50.2 Å². The van der Waals surface area contributed by atoms with Crippen molar-refractivity contribution in [3.8, 4) is 5.75 Å². The molecule has 1 aromatic heterocycles.